The highest BCUT2D eigenvalue weighted by molar-refractivity contribution is 5.53. The minimum atomic E-state index is 0.507. The first-order chi connectivity index (χ1) is 9.38. The van der Waals surface area contributed by atoms with Gasteiger partial charge >= 0.3 is 0 Å². The fraction of sp³-hybridized carbons (Fsp3) is 0.882. The molecule has 0 aromatic carbocycles. The summed E-state index contributed by atoms with van der Waals surface area (Å²) in [5.41, 5.74) is 1.07. The van der Waals surface area contributed by atoms with Gasteiger partial charge in [0.25, 0.3) is 0 Å². The van der Waals surface area contributed by atoms with Crippen molar-refractivity contribution in [1.82, 2.24) is 5.32 Å². The molecule has 1 heterocycles. The molecule has 1 fully saturated rings. The first kappa shape index (κ1) is 16.5. The second-order valence-corrected chi connectivity index (χ2v) is 5.88. The third-order valence-electron chi connectivity index (χ3n) is 4.25. The fourth-order valence-corrected chi connectivity index (χ4v) is 2.98. The molecule has 1 unspecified atom stereocenters. The largest absolute Gasteiger partial charge is 0.317 e. The van der Waals surface area contributed by atoms with E-state index in [0.717, 1.165) is 31.5 Å². The zero-order chi connectivity index (χ0) is 13.8. The Labute approximate surface area is 119 Å². The van der Waals surface area contributed by atoms with E-state index in [9.17, 15) is 4.79 Å². The Hall–Kier alpha value is -0.590. The van der Waals surface area contributed by atoms with Crippen molar-refractivity contribution in [3.8, 4) is 0 Å². The van der Waals surface area contributed by atoms with Gasteiger partial charge < -0.3 is 5.32 Å². The maximum absolute atomic E-state index is 11.1. The maximum Gasteiger partial charge on any atom is 0.123 e. The number of carbonyl (C=O) groups excluding carboxylic acids is 1. The van der Waals surface area contributed by atoms with Gasteiger partial charge in [0.1, 0.15) is 5.94 Å². The van der Waals surface area contributed by atoms with Crippen LogP contribution in [0.25, 0.3) is 0 Å². The van der Waals surface area contributed by atoms with Gasteiger partial charge in [0, 0.05) is 5.57 Å². The molecule has 0 aromatic rings. The van der Waals surface area contributed by atoms with Crippen LogP contribution in [-0.4, -0.2) is 19.0 Å². The molecule has 19 heavy (non-hydrogen) atoms. The van der Waals surface area contributed by atoms with Gasteiger partial charge in [0.2, 0.25) is 0 Å². The Morgan fingerprint density at radius 2 is 1.79 bits per heavy atom. The summed E-state index contributed by atoms with van der Waals surface area (Å²) < 4.78 is 0. The molecule has 0 radical (unpaired) electrons. The van der Waals surface area contributed by atoms with Crippen LogP contribution in [0.2, 0.25) is 0 Å². The number of allylic oxidation sites excluding steroid dienone is 1. The van der Waals surface area contributed by atoms with Gasteiger partial charge in [-0.2, -0.15) is 0 Å². The average molecular weight is 265 g/mol. The van der Waals surface area contributed by atoms with Gasteiger partial charge in [-0.05, 0) is 51.1 Å². The number of hydrogen-bond acceptors (Lipinski definition) is 2. The standard InChI is InChI=1S/C17H31NO/c1-2-3-4-5-6-7-8-10-17(15-19)16-11-9-13-18-14-12-16/h16,18H,2-14H2,1H3. The van der Waals surface area contributed by atoms with Crippen LogP contribution in [0.1, 0.15) is 77.6 Å². The average Bonchev–Trinajstić information content (AvgIpc) is 2.71. The molecule has 0 amide bonds. The highest BCUT2D eigenvalue weighted by Crippen LogP contribution is 2.25. The maximum atomic E-state index is 11.1. The number of hydrogen-bond donors (Lipinski definition) is 1. The van der Waals surface area contributed by atoms with Crippen LogP contribution in [0.5, 0.6) is 0 Å². The Morgan fingerprint density at radius 3 is 2.53 bits per heavy atom. The zero-order valence-corrected chi connectivity index (χ0v) is 12.7. The monoisotopic (exact) mass is 265 g/mol. The molecule has 0 bridgehead atoms. The number of rotatable bonds is 9. The first-order valence-corrected chi connectivity index (χ1v) is 8.33. The molecule has 0 aliphatic carbocycles. The summed E-state index contributed by atoms with van der Waals surface area (Å²) in [6.45, 7) is 4.43. The summed E-state index contributed by atoms with van der Waals surface area (Å²) >= 11 is 0. The molecule has 1 aliphatic heterocycles. The van der Waals surface area contributed by atoms with Crippen LogP contribution < -0.4 is 5.32 Å². The third kappa shape index (κ3) is 7.54. The van der Waals surface area contributed by atoms with Crippen molar-refractivity contribution in [2.75, 3.05) is 13.1 Å². The van der Waals surface area contributed by atoms with Gasteiger partial charge in [0.05, 0.1) is 0 Å². The molecule has 110 valence electrons. The van der Waals surface area contributed by atoms with E-state index < -0.39 is 0 Å². The molecule has 0 spiro atoms. The number of unbranched alkanes of at least 4 members (excludes halogenated alkanes) is 6. The molecular formula is C17H31NO. The molecule has 0 saturated carbocycles. The second kappa shape index (κ2) is 11.3. The van der Waals surface area contributed by atoms with Crippen LogP contribution in [0.4, 0.5) is 0 Å². The number of nitrogens with one attached hydrogen (secondary N) is 1. The predicted molar refractivity (Wildman–Crippen MR) is 82.0 cm³/mol. The van der Waals surface area contributed by atoms with E-state index in [1.54, 1.807) is 0 Å². The van der Waals surface area contributed by atoms with E-state index >= 15 is 0 Å². The lowest BCUT2D eigenvalue weighted by molar-refractivity contribution is 0.502. The van der Waals surface area contributed by atoms with E-state index in [1.807, 2.05) is 0 Å². The van der Waals surface area contributed by atoms with Crippen molar-refractivity contribution >= 4 is 5.94 Å². The van der Waals surface area contributed by atoms with E-state index in [2.05, 4.69) is 18.2 Å². The lowest BCUT2D eigenvalue weighted by Crippen LogP contribution is -2.14. The van der Waals surface area contributed by atoms with Crippen molar-refractivity contribution in [1.29, 1.82) is 0 Å². The van der Waals surface area contributed by atoms with Crippen molar-refractivity contribution in [2.24, 2.45) is 5.92 Å². The van der Waals surface area contributed by atoms with Gasteiger partial charge in [-0.15, -0.1) is 0 Å². The van der Waals surface area contributed by atoms with E-state index in [-0.39, 0.29) is 0 Å². The van der Waals surface area contributed by atoms with Gasteiger partial charge in [0.15, 0.2) is 0 Å². The Morgan fingerprint density at radius 1 is 1.05 bits per heavy atom. The third-order valence-corrected chi connectivity index (χ3v) is 4.25. The fourth-order valence-electron chi connectivity index (χ4n) is 2.98. The smallest absolute Gasteiger partial charge is 0.123 e. The normalized spacial score (nSPS) is 19.7. The Kier molecular flexibility index (Phi) is 9.75. The van der Waals surface area contributed by atoms with Crippen LogP contribution in [-0.2, 0) is 4.79 Å². The van der Waals surface area contributed by atoms with E-state index in [4.69, 9.17) is 0 Å². The van der Waals surface area contributed by atoms with Crippen LogP contribution in [0.3, 0.4) is 0 Å². The summed E-state index contributed by atoms with van der Waals surface area (Å²) in [6, 6.07) is 0. The highest BCUT2D eigenvalue weighted by Gasteiger charge is 2.17. The lowest BCUT2D eigenvalue weighted by Gasteiger charge is -2.14. The Balaban J connectivity index is 2.13. The molecule has 1 aliphatic rings. The molecule has 1 rings (SSSR count). The van der Waals surface area contributed by atoms with Crippen molar-refractivity contribution < 1.29 is 4.79 Å². The van der Waals surface area contributed by atoms with Crippen molar-refractivity contribution in [3.05, 3.63) is 5.57 Å². The predicted octanol–water partition coefficient (Wildman–Crippen LogP) is 4.27. The molecule has 2 nitrogen and oxygen atoms in total. The second-order valence-electron chi connectivity index (χ2n) is 5.88. The molecule has 1 atom stereocenters. The summed E-state index contributed by atoms with van der Waals surface area (Å²) in [7, 11) is 0. The minimum Gasteiger partial charge on any atom is -0.317 e. The van der Waals surface area contributed by atoms with Crippen molar-refractivity contribution in [3.63, 3.8) is 0 Å². The van der Waals surface area contributed by atoms with E-state index in [0.29, 0.717) is 5.92 Å². The minimum absolute atomic E-state index is 0.507. The molecule has 2 heteroatoms. The zero-order valence-electron chi connectivity index (χ0n) is 12.7. The topological polar surface area (TPSA) is 29.1 Å². The summed E-state index contributed by atoms with van der Waals surface area (Å²) in [5.74, 6) is 2.76. The molecule has 1 N–H and O–H groups in total. The summed E-state index contributed by atoms with van der Waals surface area (Å²) in [4.78, 5) is 11.1. The molecule has 0 aromatic heterocycles. The van der Waals surface area contributed by atoms with Gasteiger partial charge in [-0.25, -0.2) is 4.79 Å². The summed E-state index contributed by atoms with van der Waals surface area (Å²) in [5, 5.41) is 3.41. The van der Waals surface area contributed by atoms with Crippen LogP contribution in [0, 0.1) is 5.92 Å². The summed E-state index contributed by atoms with van der Waals surface area (Å²) in [6.07, 6.45) is 13.7. The Bertz CT molecular complexity index is 260. The van der Waals surface area contributed by atoms with Gasteiger partial charge in [-0.1, -0.05) is 45.4 Å². The van der Waals surface area contributed by atoms with Crippen LogP contribution >= 0.6 is 0 Å². The molecule has 1 saturated heterocycles. The molecular weight excluding hydrogens is 234 g/mol. The van der Waals surface area contributed by atoms with Crippen LogP contribution in [0.15, 0.2) is 5.57 Å². The quantitative estimate of drug-likeness (QED) is 0.498. The SMILES string of the molecule is CCCCCCCCCC(=C=O)C1CCCNCC1. The van der Waals surface area contributed by atoms with E-state index in [1.165, 1.54) is 57.8 Å². The lowest BCUT2D eigenvalue weighted by atomic mass is 9.89. The highest BCUT2D eigenvalue weighted by atomic mass is 16.1. The van der Waals surface area contributed by atoms with Gasteiger partial charge in [-0.3, -0.25) is 0 Å². The van der Waals surface area contributed by atoms with Crippen molar-refractivity contribution in [2.45, 2.75) is 77.6 Å². The first-order valence-electron chi connectivity index (χ1n) is 8.33.